The number of hydrogen-bond donors (Lipinski definition) is 1. The van der Waals surface area contributed by atoms with Gasteiger partial charge < -0.3 is 0 Å². The maximum Gasteiger partial charge on any atom is 0.0519 e. The van der Waals surface area contributed by atoms with Gasteiger partial charge in [0.15, 0.2) is 0 Å². The van der Waals surface area contributed by atoms with Gasteiger partial charge in [-0.3, -0.25) is 5.10 Å². The van der Waals surface area contributed by atoms with Crippen LogP contribution in [0.1, 0.15) is 82.4 Å². The van der Waals surface area contributed by atoms with Gasteiger partial charge >= 0.3 is 0 Å². The number of aryl methyl sites for hydroxylation is 2. The number of unbranched alkanes of at least 4 members (excludes halogenated alkanes) is 9. The third kappa shape index (κ3) is 6.83. The highest BCUT2D eigenvalue weighted by Gasteiger charge is 1.99. The number of hydrogen-bond acceptors (Lipinski definition) is 1. The zero-order valence-corrected chi connectivity index (χ0v) is 12.3. The van der Waals surface area contributed by atoms with E-state index in [1.54, 1.807) is 0 Å². The van der Waals surface area contributed by atoms with Crippen molar-refractivity contribution in [3.63, 3.8) is 0 Å². The Morgan fingerprint density at radius 1 is 0.889 bits per heavy atom. The Hall–Kier alpha value is -0.790. The van der Waals surface area contributed by atoms with Crippen molar-refractivity contribution in [1.29, 1.82) is 0 Å². The summed E-state index contributed by atoms with van der Waals surface area (Å²) in [5.41, 5.74) is 2.64. The van der Waals surface area contributed by atoms with Crippen LogP contribution in [0.3, 0.4) is 0 Å². The monoisotopic (exact) mass is 250 g/mol. The third-order valence-corrected chi connectivity index (χ3v) is 3.71. The molecule has 0 aromatic carbocycles. The van der Waals surface area contributed by atoms with Gasteiger partial charge in [-0.15, -0.1) is 0 Å². The van der Waals surface area contributed by atoms with Crippen LogP contribution < -0.4 is 0 Å². The van der Waals surface area contributed by atoms with Gasteiger partial charge in [0.1, 0.15) is 0 Å². The fourth-order valence-corrected chi connectivity index (χ4v) is 2.42. The van der Waals surface area contributed by atoms with Gasteiger partial charge in [-0.05, 0) is 25.3 Å². The molecule has 1 N–H and O–H groups in total. The Balaban J connectivity index is 1.83. The summed E-state index contributed by atoms with van der Waals surface area (Å²) >= 11 is 0. The van der Waals surface area contributed by atoms with E-state index in [-0.39, 0.29) is 0 Å². The first kappa shape index (κ1) is 15.3. The van der Waals surface area contributed by atoms with Crippen LogP contribution in [0, 0.1) is 6.92 Å². The van der Waals surface area contributed by atoms with Gasteiger partial charge in [0.25, 0.3) is 0 Å². The highest BCUT2D eigenvalue weighted by molar-refractivity contribution is 5.13. The molecule has 1 heterocycles. The molecule has 0 amide bonds. The van der Waals surface area contributed by atoms with Crippen LogP contribution >= 0.6 is 0 Å². The van der Waals surface area contributed by atoms with E-state index in [9.17, 15) is 0 Å². The normalized spacial score (nSPS) is 11.0. The molecule has 0 aliphatic carbocycles. The molecule has 0 saturated heterocycles. The topological polar surface area (TPSA) is 28.7 Å². The molecule has 2 nitrogen and oxygen atoms in total. The summed E-state index contributed by atoms with van der Waals surface area (Å²) in [6.45, 7) is 4.41. The molecule has 1 aromatic heterocycles. The zero-order valence-electron chi connectivity index (χ0n) is 12.3. The first-order valence-corrected chi connectivity index (χ1v) is 7.83. The average Bonchev–Trinajstić information content (AvgIpc) is 2.77. The van der Waals surface area contributed by atoms with Crippen molar-refractivity contribution in [2.45, 2.75) is 84.5 Å². The zero-order chi connectivity index (χ0) is 13.1. The highest BCUT2D eigenvalue weighted by Crippen LogP contribution is 2.12. The number of aromatic nitrogens is 2. The SMILES string of the molecule is CCCCCCCCCCCCc1[nH]ncc1C. The molecule has 0 aliphatic heterocycles. The van der Waals surface area contributed by atoms with Crippen molar-refractivity contribution in [2.24, 2.45) is 0 Å². The lowest BCUT2D eigenvalue weighted by molar-refractivity contribution is 0.555. The Kier molecular flexibility index (Phi) is 8.62. The second-order valence-electron chi connectivity index (χ2n) is 5.46. The third-order valence-electron chi connectivity index (χ3n) is 3.71. The van der Waals surface area contributed by atoms with Crippen molar-refractivity contribution >= 4 is 0 Å². The van der Waals surface area contributed by atoms with Crippen LogP contribution in [-0.2, 0) is 6.42 Å². The molecule has 0 spiro atoms. The Labute approximate surface area is 113 Å². The van der Waals surface area contributed by atoms with E-state index >= 15 is 0 Å². The van der Waals surface area contributed by atoms with Crippen molar-refractivity contribution in [3.8, 4) is 0 Å². The van der Waals surface area contributed by atoms with Crippen LogP contribution in [0.2, 0.25) is 0 Å². The summed E-state index contributed by atoms with van der Waals surface area (Å²) in [5, 5.41) is 7.15. The second kappa shape index (κ2) is 10.2. The fraction of sp³-hybridized carbons (Fsp3) is 0.812. The molecule has 0 fully saturated rings. The second-order valence-corrected chi connectivity index (χ2v) is 5.46. The van der Waals surface area contributed by atoms with Gasteiger partial charge in [0.2, 0.25) is 0 Å². The predicted octanol–water partition coefficient (Wildman–Crippen LogP) is 5.18. The van der Waals surface area contributed by atoms with Gasteiger partial charge in [-0.25, -0.2) is 0 Å². The first-order chi connectivity index (χ1) is 8.84. The quantitative estimate of drug-likeness (QED) is 0.538. The van der Waals surface area contributed by atoms with E-state index < -0.39 is 0 Å². The number of H-pyrrole nitrogens is 1. The van der Waals surface area contributed by atoms with Gasteiger partial charge in [-0.1, -0.05) is 64.7 Å². The van der Waals surface area contributed by atoms with Crippen LogP contribution in [0.4, 0.5) is 0 Å². The molecule has 1 rings (SSSR count). The lowest BCUT2D eigenvalue weighted by Crippen LogP contribution is -1.89. The molecular weight excluding hydrogens is 220 g/mol. The Bertz CT molecular complexity index is 291. The fourth-order valence-electron chi connectivity index (χ4n) is 2.42. The Morgan fingerprint density at radius 3 is 1.94 bits per heavy atom. The van der Waals surface area contributed by atoms with Gasteiger partial charge in [-0.2, -0.15) is 5.10 Å². The maximum absolute atomic E-state index is 4.06. The summed E-state index contributed by atoms with van der Waals surface area (Å²) in [4.78, 5) is 0. The van der Waals surface area contributed by atoms with E-state index in [2.05, 4.69) is 24.0 Å². The molecular formula is C16H30N2. The van der Waals surface area contributed by atoms with Crippen LogP contribution in [0.5, 0.6) is 0 Å². The lowest BCUT2D eigenvalue weighted by atomic mass is 10.0. The van der Waals surface area contributed by atoms with Gasteiger partial charge in [0, 0.05) is 5.69 Å². The molecule has 0 radical (unpaired) electrons. The molecule has 0 aliphatic rings. The van der Waals surface area contributed by atoms with Crippen molar-refractivity contribution in [1.82, 2.24) is 10.2 Å². The summed E-state index contributed by atoms with van der Waals surface area (Å²) in [6, 6.07) is 0. The number of nitrogens with zero attached hydrogens (tertiary/aromatic N) is 1. The largest absolute Gasteiger partial charge is 0.282 e. The minimum atomic E-state index is 1.17. The number of nitrogens with one attached hydrogen (secondary N) is 1. The molecule has 104 valence electrons. The molecule has 0 unspecified atom stereocenters. The van der Waals surface area contributed by atoms with Crippen LogP contribution in [0.15, 0.2) is 6.20 Å². The van der Waals surface area contributed by atoms with Crippen LogP contribution in [0.25, 0.3) is 0 Å². The number of aromatic amines is 1. The van der Waals surface area contributed by atoms with Gasteiger partial charge in [0.05, 0.1) is 6.20 Å². The van der Waals surface area contributed by atoms with E-state index in [0.29, 0.717) is 0 Å². The summed E-state index contributed by atoms with van der Waals surface area (Å²) in [6.07, 6.45) is 17.1. The minimum Gasteiger partial charge on any atom is -0.282 e. The van der Waals surface area contributed by atoms with Crippen LogP contribution in [-0.4, -0.2) is 10.2 Å². The van der Waals surface area contributed by atoms with E-state index in [0.717, 1.165) is 0 Å². The molecule has 0 atom stereocenters. The Morgan fingerprint density at radius 2 is 1.44 bits per heavy atom. The smallest absolute Gasteiger partial charge is 0.0519 e. The summed E-state index contributed by atoms with van der Waals surface area (Å²) < 4.78 is 0. The molecule has 18 heavy (non-hydrogen) atoms. The molecule has 0 saturated carbocycles. The average molecular weight is 250 g/mol. The van der Waals surface area contributed by atoms with Crippen molar-refractivity contribution in [3.05, 3.63) is 17.5 Å². The lowest BCUT2D eigenvalue weighted by Gasteiger charge is -2.02. The van der Waals surface area contributed by atoms with Crippen molar-refractivity contribution in [2.75, 3.05) is 0 Å². The molecule has 1 aromatic rings. The molecule has 0 bridgehead atoms. The van der Waals surface area contributed by atoms with E-state index in [4.69, 9.17) is 0 Å². The van der Waals surface area contributed by atoms with E-state index in [1.807, 2.05) is 6.20 Å². The molecule has 2 heteroatoms. The highest BCUT2D eigenvalue weighted by atomic mass is 15.1. The summed E-state index contributed by atoms with van der Waals surface area (Å²) in [7, 11) is 0. The standard InChI is InChI=1S/C16H30N2/c1-3-4-5-6-7-8-9-10-11-12-13-16-15(2)14-17-18-16/h14H,3-13H2,1-2H3,(H,17,18). The first-order valence-electron chi connectivity index (χ1n) is 7.83. The predicted molar refractivity (Wildman–Crippen MR) is 78.9 cm³/mol. The van der Waals surface area contributed by atoms with Crippen molar-refractivity contribution < 1.29 is 0 Å². The maximum atomic E-state index is 4.06. The van der Waals surface area contributed by atoms with E-state index in [1.165, 1.54) is 81.9 Å². The number of rotatable bonds is 11. The minimum absolute atomic E-state index is 1.17. The summed E-state index contributed by atoms with van der Waals surface area (Å²) in [5.74, 6) is 0.